The van der Waals surface area contributed by atoms with Gasteiger partial charge >= 0.3 is 0 Å². The summed E-state index contributed by atoms with van der Waals surface area (Å²) in [6.45, 7) is 3.28. The van der Waals surface area contributed by atoms with E-state index >= 15 is 0 Å². The normalized spacial score (nSPS) is 16.2. The van der Waals surface area contributed by atoms with Crippen molar-refractivity contribution < 1.29 is 4.79 Å². The molecule has 94 valence electrons. The first kappa shape index (κ1) is 11.2. The van der Waals surface area contributed by atoms with Crippen molar-refractivity contribution in [1.82, 2.24) is 19.8 Å². The third-order valence-corrected chi connectivity index (χ3v) is 3.37. The molecular weight excluding hydrogens is 228 g/mol. The highest BCUT2D eigenvalue weighted by Gasteiger charge is 2.20. The van der Waals surface area contributed by atoms with Gasteiger partial charge < -0.3 is 14.8 Å². The Morgan fingerprint density at radius 1 is 1.33 bits per heavy atom. The standard InChI is InChI=1S/C13H16N4O/c1-16-9-15-11-4-2-3-10(12(11)16)13(18)17-7-5-14-6-8-17/h2-4,9,14H,5-8H2,1H3. The quantitative estimate of drug-likeness (QED) is 0.800. The van der Waals surface area contributed by atoms with Gasteiger partial charge in [0.2, 0.25) is 0 Å². The maximum Gasteiger partial charge on any atom is 0.256 e. The van der Waals surface area contributed by atoms with Gasteiger partial charge in [0, 0.05) is 33.2 Å². The molecule has 18 heavy (non-hydrogen) atoms. The highest BCUT2D eigenvalue weighted by molar-refractivity contribution is 6.05. The SMILES string of the molecule is Cn1cnc2cccc(C(=O)N3CCNCC3)c21. The number of fused-ring (bicyclic) bond motifs is 1. The summed E-state index contributed by atoms with van der Waals surface area (Å²) in [6.07, 6.45) is 1.75. The van der Waals surface area contributed by atoms with Gasteiger partial charge in [0.05, 0.1) is 22.9 Å². The zero-order valence-corrected chi connectivity index (χ0v) is 10.4. The number of rotatable bonds is 1. The average Bonchev–Trinajstić information content (AvgIpc) is 2.81. The lowest BCUT2D eigenvalue weighted by atomic mass is 10.1. The van der Waals surface area contributed by atoms with E-state index in [1.165, 1.54) is 0 Å². The van der Waals surface area contributed by atoms with Crippen molar-refractivity contribution in [2.24, 2.45) is 7.05 Å². The van der Waals surface area contributed by atoms with E-state index in [1.807, 2.05) is 34.7 Å². The molecule has 1 aliphatic rings. The minimum absolute atomic E-state index is 0.103. The van der Waals surface area contributed by atoms with Gasteiger partial charge in [-0.15, -0.1) is 0 Å². The van der Waals surface area contributed by atoms with Crippen molar-refractivity contribution in [2.75, 3.05) is 26.2 Å². The topological polar surface area (TPSA) is 50.2 Å². The molecule has 1 amide bonds. The fourth-order valence-corrected chi connectivity index (χ4v) is 2.42. The molecule has 3 rings (SSSR count). The van der Waals surface area contributed by atoms with E-state index in [0.717, 1.165) is 42.8 Å². The summed E-state index contributed by atoms with van der Waals surface area (Å²) in [7, 11) is 1.92. The zero-order chi connectivity index (χ0) is 12.5. The van der Waals surface area contributed by atoms with Crippen molar-refractivity contribution in [2.45, 2.75) is 0 Å². The smallest absolute Gasteiger partial charge is 0.256 e. The predicted octanol–water partition coefficient (Wildman–Crippen LogP) is 0.619. The first-order valence-corrected chi connectivity index (χ1v) is 6.17. The Morgan fingerprint density at radius 3 is 2.89 bits per heavy atom. The molecule has 0 atom stereocenters. The number of hydrogen-bond donors (Lipinski definition) is 1. The fourth-order valence-electron chi connectivity index (χ4n) is 2.42. The number of nitrogens with zero attached hydrogens (tertiary/aromatic N) is 3. The molecule has 0 spiro atoms. The number of benzene rings is 1. The maximum absolute atomic E-state index is 12.5. The lowest BCUT2D eigenvalue weighted by Crippen LogP contribution is -2.46. The number of carbonyl (C=O) groups excluding carboxylic acids is 1. The number of piperazine rings is 1. The second kappa shape index (κ2) is 4.42. The maximum atomic E-state index is 12.5. The Balaban J connectivity index is 2.02. The summed E-state index contributed by atoms with van der Waals surface area (Å²) in [5, 5.41) is 3.25. The number of carbonyl (C=O) groups is 1. The van der Waals surface area contributed by atoms with Gasteiger partial charge in [0.15, 0.2) is 0 Å². The van der Waals surface area contributed by atoms with Crippen molar-refractivity contribution in [3.63, 3.8) is 0 Å². The van der Waals surface area contributed by atoms with E-state index in [9.17, 15) is 4.79 Å². The molecule has 5 heteroatoms. The summed E-state index contributed by atoms with van der Waals surface area (Å²) in [4.78, 5) is 18.7. The second-order valence-electron chi connectivity index (χ2n) is 4.57. The van der Waals surface area contributed by atoms with Crippen LogP contribution in [-0.4, -0.2) is 46.5 Å². The fraction of sp³-hybridized carbons (Fsp3) is 0.385. The summed E-state index contributed by atoms with van der Waals surface area (Å²) in [5.41, 5.74) is 2.54. The van der Waals surface area contributed by atoms with E-state index in [1.54, 1.807) is 6.33 Å². The summed E-state index contributed by atoms with van der Waals surface area (Å²) in [5.74, 6) is 0.103. The highest BCUT2D eigenvalue weighted by atomic mass is 16.2. The summed E-state index contributed by atoms with van der Waals surface area (Å²) in [6, 6.07) is 5.71. The molecule has 2 heterocycles. The number of imidazole rings is 1. The third-order valence-electron chi connectivity index (χ3n) is 3.37. The predicted molar refractivity (Wildman–Crippen MR) is 69.5 cm³/mol. The largest absolute Gasteiger partial charge is 0.336 e. The van der Waals surface area contributed by atoms with Gasteiger partial charge in [-0.3, -0.25) is 4.79 Å². The Labute approximate surface area is 105 Å². The van der Waals surface area contributed by atoms with Crippen LogP contribution < -0.4 is 5.32 Å². The van der Waals surface area contributed by atoms with Crippen LogP contribution in [-0.2, 0) is 7.05 Å². The molecule has 1 aliphatic heterocycles. The lowest BCUT2D eigenvalue weighted by molar-refractivity contribution is 0.0737. The molecule has 0 saturated carbocycles. The van der Waals surface area contributed by atoms with E-state index < -0.39 is 0 Å². The van der Waals surface area contributed by atoms with Crippen LogP contribution in [0.4, 0.5) is 0 Å². The van der Waals surface area contributed by atoms with Crippen LogP contribution in [0.3, 0.4) is 0 Å². The van der Waals surface area contributed by atoms with E-state index in [4.69, 9.17) is 0 Å². The van der Waals surface area contributed by atoms with Crippen molar-refractivity contribution in [1.29, 1.82) is 0 Å². The molecule has 1 fully saturated rings. The van der Waals surface area contributed by atoms with Crippen LogP contribution in [0.15, 0.2) is 24.5 Å². The lowest BCUT2D eigenvalue weighted by Gasteiger charge is -2.27. The first-order chi connectivity index (χ1) is 8.77. The molecule has 0 radical (unpaired) electrons. The van der Waals surface area contributed by atoms with Gasteiger partial charge in [0.1, 0.15) is 0 Å². The molecule has 1 aromatic carbocycles. The Bertz CT molecular complexity index is 584. The number of aryl methyl sites for hydroxylation is 1. The number of aromatic nitrogens is 2. The third kappa shape index (κ3) is 1.76. The summed E-state index contributed by atoms with van der Waals surface area (Å²) < 4.78 is 1.91. The van der Waals surface area contributed by atoms with Crippen molar-refractivity contribution in [3.05, 3.63) is 30.1 Å². The molecule has 5 nitrogen and oxygen atoms in total. The average molecular weight is 244 g/mol. The Morgan fingerprint density at radius 2 is 2.11 bits per heavy atom. The van der Waals surface area contributed by atoms with Gasteiger partial charge in [-0.25, -0.2) is 4.98 Å². The molecule has 0 bridgehead atoms. The number of nitrogens with one attached hydrogen (secondary N) is 1. The Hall–Kier alpha value is -1.88. The molecule has 0 aliphatic carbocycles. The van der Waals surface area contributed by atoms with Crippen LogP contribution in [0.25, 0.3) is 11.0 Å². The molecule has 1 aromatic heterocycles. The number of hydrogen-bond acceptors (Lipinski definition) is 3. The number of amides is 1. The van der Waals surface area contributed by atoms with E-state index in [2.05, 4.69) is 10.3 Å². The van der Waals surface area contributed by atoms with Crippen molar-refractivity contribution >= 4 is 16.9 Å². The minimum atomic E-state index is 0.103. The Kier molecular flexibility index (Phi) is 2.76. The minimum Gasteiger partial charge on any atom is -0.336 e. The van der Waals surface area contributed by atoms with Crippen LogP contribution in [0.2, 0.25) is 0 Å². The van der Waals surface area contributed by atoms with Crippen LogP contribution in [0.5, 0.6) is 0 Å². The van der Waals surface area contributed by atoms with E-state index in [-0.39, 0.29) is 5.91 Å². The monoisotopic (exact) mass is 244 g/mol. The molecule has 0 unspecified atom stereocenters. The van der Waals surface area contributed by atoms with Crippen LogP contribution in [0, 0.1) is 0 Å². The highest BCUT2D eigenvalue weighted by Crippen LogP contribution is 2.18. The number of para-hydroxylation sites is 1. The van der Waals surface area contributed by atoms with E-state index in [0.29, 0.717) is 0 Å². The second-order valence-corrected chi connectivity index (χ2v) is 4.57. The van der Waals surface area contributed by atoms with Crippen molar-refractivity contribution in [3.8, 4) is 0 Å². The van der Waals surface area contributed by atoms with Crippen LogP contribution >= 0.6 is 0 Å². The zero-order valence-electron chi connectivity index (χ0n) is 10.4. The first-order valence-electron chi connectivity index (χ1n) is 6.17. The summed E-state index contributed by atoms with van der Waals surface area (Å²) >= 11 is 0. The van der Waals surface area contributed by atoms with Gasteiger partial charge in [0.25, 0.3) is 5.91 Å². The molecular formula is C13H16N4O. The molecule has 1 N–H and O–H groups in total. The molecule has 2 aromatic rings. The van der Waals surface area contributed by atoms with Crippen LogP contribution in [0.1, 0.15) is 10.4 Å². The van der Waals surface area contributed by atoms with Gasteiger partial charge in [-0.2, -0.15) is 0 Å². The molecule has 1 saturated heterocycles. The van der Waals surface area contributed by atoms with Gasteiger partial charge in [-0.1, -0.05) is 6.07 Å². The van der Waals surface area contributed by atoms with Gasteiger partial charge in [-0.05, 0) is 12.1 Å².